The fourth-order valence-corrected chi connectivity index (χ4v) is 1.71. The molecule has 1 unspecified atom stereocenters. The molecule has 0 bridgehead atoms. The molecule has 2 aliphatic rings. The first-order chi connectivity index (χ1) is 6.22. The molecule has 1 heterocycles. The van der Waals surface area contributed by atoms with Crippen molar-refractivity contribution in [1.29, 1.82) is 0 Å². The minimum absolute atomic E-state index is 0.0154. The Morgan fingerprint density at radius 1 is 1.46 bits per heavy atom. The lowest BCUT2D eigenvalue weighted by molar-refractivity contribution is -0.144. The summed E-state index contributed by atoms with van der Waals surface area (Å²) in [5.74, 6) is 0.0861. The van der Waals surface area contributed by atoms with E-state index in [0.29, 0.717) is 12.5 Å². The third-order valence-electron chi connectivity index (χ3n) is 2.63. The smallest absolute Gasteiger partial charge is 0.245 e. The first-order valence-corrected chi connectivity index (χ1v) is 4.82. The van der Waals surface area contributed by atoms with E-state index in [1.807, 2.05) is 6.92 Å². The van der Waals surface area contributed by atoms with E-state index >= 15 is 0 Å². The third kappa shape index (κ3) is 1.53. The van der Waals surface area contributed by atoms with Crippen molar-refractivity contribution >= 4 is 11.8 Å². The lowest BCUT2D eigenvalue weighted by Gasteiger charge is -2.32. The highest BCUT2D eigenvalue weighted by molar-refractivity contribution is 5.95. The number of nitrogens with zero attached hydrogens (tertiary/aromatic N) is 1. The fourth-order valence-electron chi connectivity index (χ4n) is 1.71. The summed E-state index contributed by atoms with van der Waals surface area (Å²) in [6, 6.07) is 0.0782. The van der Waals surface area contributed by atoms with Crippen LogP contribution in [0.25, 0.3) is 0 Å². The van der Waals surface area contributed by atoms with E-state index in [-0.39, 0.29) is 24.4 Å². The van der Waals surface area contributed by atoms with Gasteiger partial charge in [0.05, 0.1) is 6.54 Å². The van der Waals surface area contributed by atoms with Crippen molar-refractivity contribution in [3.05, 3.63) is 0 Å². The van der Waals surface area contributed by atoms with Gasteiger partial charge in [-0.25, -0.2) is 0 Å². The second-order valence-corrected chi connectivity index (χ2v) is 3.73. The van der Waals surface area contributed by atoms with Gasteiger partial charge in [-0.3, -0.25) is 9.59 Å². The molecule has 2 fully saturated rings. The van der Waals surface area contributed by atoms with Crippen molar-refractivity contribution in [2.45, 2.75) is 38.3 Å². The SMILES string of the molecule is CCC1NC(=O)CN(C2CC2)C1=O. The Kier molecular flexibility index (Phi) is 1.98. The molecular formula is C9H14N2O2. The molecule has 1 N–H and O–H groups in total. The lowest BCUT2D eigenvalue weighted by atomic mass is 10.1. The second kappa shape index (κ2) is 3.01. The predicted octanol–water partition coefficient (Wildman–Crippen LogP) is -0.114. The number of carbonyl (C=O) groups is 2. The van der Waals surface area contributed by atoms with Crippen molar-refractivity contribution in [2.75, 3.05) is 6.54 Å². The molecular weight excluding hydrogens is 168 g/mol. The Labute approximate surface area is 77.3 Å². The number of carbonyl (C=O) groups excluding carboxylic acids is 2. The average Bonchev–Trinajstić information content (AvgIpc) is 2.91. The van der Waals surface area contributed by atoms with E-state index in [9.17, 15) is 9.59 Å². The summed E-state index contributed by atoms with van der Waals surface area (Å²) in [6.45, 7) is 2.18. The van der Waals surface area contributed by atoms with Crippen molar-refractivity contribution in [3.63, 3.8) is 0 Å². The van der Waals surface area contributed by atoms with E-state index < -0.39 is 0 Å². The maximum atomic E-state index is 11.7. The van der Waals surface area contributed by atoms with Gasteiger partial charge >= 0.3 is 0 Å². The van der Waals surface area contributed by atoms with Crippen molar-refractivity contribution in [1.82, 2.24) is 10.2 Å². The number of hydrogen-bond donors (Lipinski definition) is 1. The molecule has 0 aromatic heterocycles. The molecule has 4 heteroatoms. The summed E-state index contributed by atoms with van der Waals surface area (Å²) >= 11 is 0. The Hall–Kier alpha value is -1.06. The minimum Gasteiger partial charge on any atom is -0.343 e. The van der Waals surface area contributed by atoms with E-state index in [2.05, 4.69) is 5.32 Å². The maximum absolute atomic E-state index is 11.7. The molecule has 72 valence electrons. The summed E-state index contributed by atoms with van der Waals surface area (Å²) < 4.78 is 0. The predicted molar refractivity (Wildman–Crippen MR) is 47.0 cm³/mol. The second-order valence-electron chi connectivity index (χ2n) is 3.73. The Bertz CT molecular complexity index is 248. The molecule has 0 aromatic carbocycles. The van der Waals surface area contributed by atoms with Gasteiger partial charge in [0.25, 0.3) is 0 Å². The lowest BCUT2D eigenvalue weighted by Crippen LogP contribution is -2.58. The molecule has 4 nitrogen and oxygen atoms in total. The zero-order valence-corrected chi connectivity index (χ0v) is 7.75. The number of rotatable bonds is 2. The van der Waals surface area contributed by atoms with Crippen LogP contribution in [0.1, 0.15) is 26.2 Å². The standard InChI is InChI=1S/C9H14N2O2/c1-2-7-9(13)11(6-3-4-6)5-8(12)10-7/h6-7H,2-5H2,1H3,(H,10,12). The van der Waals surface area contributed by atoms with Crippen LogP contribution in [0.4, 0.5) is 0 Å². The highest BCUT2D eigenvalue weighted by Gasteiger charge is 2.39. The molecule has 2 rings (SSSR count). The molecule has 1 saturated carbocycles. The van der Waals surface area contributed by atoms with Crippen molar-refractivity contribution in [3.8, 4) is 0 Å². The first-order valence-electron chi connectivity index (χ1n) is 4.82. The largest absolute Gasteiger partial charge is 0.343 e. The highest BCUT2D eigenvalue weighted by Crippen LogP contribution is 2.28. The van der Waals surface area contributed by atoms with Gasteiger partial charge in [-0.15, -0.1) is 0 Å². The summed E-state index contributed by atoms with van der Waals surface area (Å²) in [4.78, 5) is 24.6. The van der Waals surface area contributed by atoms with Gasteiger partial charge in [0.2, 0.25) is 11.8 Å². The van der Waals surface area contributed by atoms with Crippen LogP contribution in [-0.2, 0) is 9.59 Å². The number of nitrogens with one attached hydrogen (secondary N) is 1. The van der Waals surface area contributed by atoms with Crippen LogP contribution in [0, 0.1) is 0 Å². The van der Waals surface area contributed by atoms with E-state index in [1.165, 1.54) is 0 Å². The van der Waals surface area contributed by atoms with E-state index in [1.54, 1.807) is 4.90 Å². The van der Waals surface area contributed by atoms with E-state index in [4.69, 9.17) is 0 Å². The Balaban J connectivity index is 2.09. The molecule has 0 radical (unpaired) electrons. The zero-order chi connectivity index (χ0) is 9.42. The maximum Gasteiger partial charge on any atom is 0.245 e. The number of piperazine rings is 1. The normalized spacial score (nSPS) is 29.0. The van der Waals surface area contributed by atoms with Gasteiger partial charge in [0.1, 0.15) is 6.04 Å². The first kappa shape index (κ1) is 8.53. The van der Waals surface area contributed by atoms with Gasteiger partial charge in [0, 0.05) is 6.04 Å². The van der Waals surface area contributed by atoms with Gasteiger partial charge in [-0.05, 0) is 19.3 Å². The zero-order valence-electron chi connectivity index (χ0n) is 7.75. The van der Waals surface area contributed by atoms with Crippen LogP contribution in [0.15, 0.2) is 0 Å². The van der Waals surface area contributed by atoms with Crippen molar-refractivity contribution in [2.24, 2.45) is 0 Å². The number of amides is 2. The molecule has 0 aromatic rings. The van der Waals surface area contributed by atoms with Crippen LogP contribution >= 0.6 is 0 Å². The van der Waals surface area contributed by atoms with E-state index in [0.717, 1.165) is 12.8 Å². The molecule has 1 aliphatic carbocycles. The Morgan fingerprint density at radius 3 is 2.69 bits per heavy atom. The summed E-state index contributed by atoms with van der Waals surface area (Å²) in [5, 5.41) is 2.70. The molecule has 1 aliphatic heterocycles. The average molecular weight is 182 g/mol. The monoisotopic (exact) mass is 182 g/mol. The highest BCUT2D eigenvalue weighted by atomic mass is 16.2. The summed E-state index contributed by atoms with van der Waals surface area (Å²) in [7, 11) is 0. The van der Waals surface area contributed by atoms with Crippen LogP contribution in [0.3, 0.4) is 0 Å². The molecule has 13 heavy (non-hydrogen) atoms. The minimum atomic E-state index is -0.276. The third-order valence-corrected chi connectivity index (χ3v) is 2.63. The number of hydrogen-bond acceptors (Lipinski definition) is 2. The quantitative estimate of drug-likeness (QED) is 0.647. The van der Waals surface area contributed by atoms with Gasteiger partial charge in [-0.1, -0.05) is 6.92 Å². The van der Waals surface area contributed by atoms with Crippen LogP contribution < -0.4 is 5.32 Å². The topological polar surface area (TPSA) is 49.4 Å². The van der Waals surface area contributed by atoms with Gasteiger partial charge < -0.3 is 10.2 Å². The molecule has 0 spiro atoms. The summed E-state index contributed by atoms with van der Waals surface area (Å²) in [5.41, 5.74) is 0. The molecule has 1 atom stereocenters. The fraction of sp³-hybridized carbons (Fsp3) is 0.778. The van der Waals surface area contributed by atoms with Gasteiger partial charge in [-0.2, -0.15) is 0 Å². The van der Waals surface area contributed by atoms with Crippen LogP contribution in [0.2, 0.25) is 0 Å². The summed E-state index contributed by atoms with van der Waals surface area (Å²) in [6.07, 6.45) is 2.82. The Morgan fingerprint density at radius 2 is 2.15 bits per heavy atom. The van der Waals surface area contributed by atoms with Gasteiger partial charge in [0.15, 0.2) is 0 Å². The molecule has 2 amide bonds. The van der Waals surface area contributed by atoms with Crippen LogP contribution in [0.5, 0.6) is 0 Å². The van der Waals surface area contributed by atoms with Crippen molar-refractivity contribution < 1.29 is 9.59 Å². The van der Waals surface area contributed by atoms with Crippen LogP contribution in [-0.4, -0.2) is 35.3 Å². The molecule has 1 saturated heterocycles.